The van der Waals surface area contributed by atoms with E-state index in [-0.39, 0.29) is 5.92 Å². The van der Waals surface area contributed by atoms with Crippen LogP contribution in [-0.4, -0.2) is 6.54 Å². The Morgan fingerprint density at radius 1 is 1.21 bits per heavy atom. The SMILES string of the molecule is N#CC(CCCCN)c1ccccc1. The van der Waals surface area contributed by atoms with Gasteiger partial charge < -0.3 is 5.73 Å². The van der Waals surface area contributed by atoms with E-state index in [2.05, 4.69) is 6.07 Å². The third-order valence-corrected chi connectivity index (χ3v) is 2.30. The molecule has 0 aliphatic heterocycles. The van der Waals surface area contributed by atoms with Gasteiger partial charge in [-0.2, -0.15) is 5.26 Å². The summed E-state index contributed by atoms with van der Waals surface area (Å²) in [6.07, 6.45) is 2.95. The minimum atomic E-state index is 0.0303. The van der Waals surface area contributed by atoms with E-state index in [4.69, 9.17) is 11.0 Å². The molecule has 2 heteroatoms. The zero-order valence-corrected chi connectivity index (χ0v) is 8.32. The first kappa shape index (κ1) is 10.7. The fourth-order valence-electron chi connectivity index (χ4n) is 1.48. The fraction of sp³-hybridized carbons (Fsp3) is 0.417. The molecule has 74 valence electrons. The maximum Gasteiger partial charge on any atom is 0.0712 e. The van der Waals surface area contributed by atoms with E-state index >= 15 is 0 Å². The molecule has 0 saturated heterocycles. The van der Waals surface area contributed by atoms with E-state index in [1.54, 1.807) is 0 Å². The lowest BCUT2D eigenvalue weighted by Gasteiger charge is -2.08. The largest absolute Gasteiger partial charge is 0.330 e. The number of hydrogen-bond donors (Lipinski definition) is 1. The van der Waals surface area contributed by atoms with Gasteiger partial charge in [0.1, 0.15) is 0 Å². The third kappa shape index (κ3) is 3.20. The summed E-state index contributed by atoms with van der Waals surface area (Å²) in [5, 5.41) is 9.00. The van der Waals surface area contributed by atoms with Crippen LogP contribution in [-0.2, 0) is 0 Å². The van der Waals surface area contributed by atoms with Gasteiger partial charge in [-0.15, -0.1) is 0 Å². The van der Waals surface area contributed by atoms with Crippen LogP contribution in [0.25, 0.3) is 0 Å². The van der Waals surface area contributed by atoms with Crippen LogP contribution in [0, 0.1) is 11.3 Å². The number of hydrogen-bond acceptors (Lipinski definition) is 2. The highest BCUT2D eigenvalue weighted by Gasteiger charge is 2.08. The van der Waals surface area contributed by atoms with Crippen LogP contribution in [0.5, 0.6) is 0 Å². The van der Waals surface area contributed by atoms with Crippen molar-refractivity contribution >= 4 is 0 Å². The van der Waals surface area contributed by atoms with Crippen molar-refractivity contribution in [2.45, 2.75) is 25.2 Å². The molecule has 0 saturated carbocycles. The van der Waals surface area contributed by atoms with Crippen LogP contribution in [0.3, 0.4) is 0 Å². The first-order chi connectivity index (χ1) is 6.88. The molecule has 1 unspecified atom stereocenters. The molecule has 0 radical (unpaired) electrons. The van der Waals surface area contributed by atoms with Crippen LogP contribution < -0.4 is 5.73 Å². The number of rotatable bonds is 5. The van der Waals surface area contributed by atoms with Gasteiger partial charge in [0, 0.05) is 0 Å². The number of unbranched alkanes of at least 4 members (excludes halogenated alkanes) is 1. The second-order valence-corrected chi connectivity index (χ2v) is 3.38. The second-order valence-electron chi connectivity index (χ2n) is 3.38. The van der Waals surface area contributed by atoms with Crippen molar-refractivity contribution in [1.82, 2.24) is 0 Å². The Bertz CT molecular complexity index is 287. The summed E-state index contributed by atoms with van der Waals surface area (Å²) in [7, 11) is 0. The molecule has 1 aromatic rings. The van der Waals surface area contributed by atoms with E-state index in [1.807, 2.05) is 30.3 Å². The van der Waals surface area contributed by atoms with Crippen LogP contribution in [0.15, 0.2) is 30.3 Å². The molecule has 0 amide bonds. The summed E-state index contributed by atoms with van der Waals surface area (Å²) < 4.78 is 0. The molecular weight excluding hydrogens is 172 g/mol. The minimum absolute atomic E-state index is 0.0303. The van der Waals surface area contributed by atoms with Crippen molar-refractivity contribution in [3.8, 4) is 6.07 Å². The van der Waals surface area contributed by atoms with Crippen molar-refractivity contribution in [2.75, 3.05) is 6.54 Å². The Morgan fingerprint density at radius 3 is 2.50 bits per heavy atom. The van der Waals surface area contributed by atoms with Gasteiger partial charge in [0.05, 0.1) is 12.0 Å². The molecule has 2 nitrogen and oxygen atoms in total. The number of benzene rings is 1. The maximum atomic E-state index is 9.00. The average Bonchev–Trinajstić information content (AvgIpc) is 2.26. The van der Waals surface area contributed by atoms with E-state index in [1.165, 1.54) is 0 Å². The van der Waals surface area contributed by atoms with Gasteiger partial charge >= 0.3 is 0 Å². The predicted octanol–water partition coefficient (Wildman–Crippen LogP) is 2.42. The summed E-state index contributed by atoms with van der Waals surface area (Å²) >= 11 is 0. The van der Waals surface area contributed by atoms with Crippen molar-refractivity contribution < 1.29 is 0 Å². The molecule has 0 aromatic heterocycles. The van der Waals surface area contributed by atoms with E-state index < -0.39 is 0 Å². The summed E-state index contributed by atoms with van der Waals surface area (Å²) in [6.45, 7) is 0.715. The second kappa shape index (κ2) is 6.17. The quantitative estimate of drug-likeness (QED) is 0.721. The lowest BCUT2D eigenvalue weighted by Crippen LogP contribution is -2.01. The molecule has 1 atom stereocenters. The highest BCUT2D eigenvalue weighted by molar-refractivity contribution is 5.24. The Hall–Kier alpha value is -1.33. The molecule has 2 N–H and O–H groups in total. The molecular formula is C12H16N2. The smallest absolute Gasteiger partial charge is 0.0712 e. The molecule has 1 rings (SSSR count). The van der Waals surface area contributed by atoms with Gasteiger partial charge in [-0.05, 0) is 24.9 Å². The minimum Gasteiger partial charge on any atom is -0.330 e. The topological polar surface area (TPSA) is 49.8 Å². The normalized spacial score (nSPS) is 12.0. The monoisotopic (exact) mass is 188 g/mol. The zero-order valence-electron chi connectivity index (χ0n) is 8.32. The Labute approximate surface area is 85.4 Å². The van der Waals surface area contributed by atoms with Crippen molar-refractivity contribution in [2.24, 2.45) is 5.73 Å². The van der Waals surface area contributed by atoms with E-state index in [0.717, 1.165) is 24.8 Å². The Kier molecular flexibility index (Phi) is 4.74. The molecule has 0 bridgehead atoms. The van der Waals surface area contributed by atoms with Gasteiger partial charge in [0.2, 0.25) is 0 Å². The molecule has 0 spiro atoms. The zero-order chi connectivity index (χ0) is 10.2. The molecule has 0 aliphatic carbocycles. The van der Waals surface area contributed by atoms with Crippen LogP contribution in [0.1, 0.15) is 30.7 Å². The van der Waals surface area contributed by atoms with Crippen molar-refractivity contribution in [3.05, 3.63) is 35.9 Å². The number of nitrogens with two attached hydrogens (primary N) is 1. The predicted molar refractivity (Wildman–Crippen MR) is 57.7 cm³/mol. The highest BCUT2D eigenvalue weighted by Crippen LogP contribution is 2.20. The molecule has 0 aliphatic rings. The summed E-state index contributed by atoms with van der Waals surface area (Å²) in [5.41, 5.74) is 6.53. The molecule has 0 fully saturated rings. The molecule has 14 heavy (non-hydrogen) atoms. The lowest BCUT2D eigenvalue weighted by atomic mass is 9.95. The summed E-state index contributed by atoms with van der Waals surface area (Å²) in [4.78, 5) is 0. The van der Waals surface area contributed by atoms with Crippen LogP contribution in [0.2, 0.25) is 0 Å². The van der Waals surface area contributed by atoms with Gasteiger partial charge in [-0.1, -0.05) is 36.8 Å². The number of nitrogens with zero attached hydrogens (tertiary/aromatic N) is 1. The third-order valence-electron chi connectivity index (χ3n) is 2.30. The average molecular weight is 188 g/mol. The van der Waals surface area contributed by atoms with Gasteiger partial charge in [0.25, 0.3) is 0 Å². The summed E-state index contributed by atoms with van der Waals surface area (Å²) in [6, 6.07) is 12.3. The van der Waals surface area contributed by atoms with Crippen molar-refractivity contribution in [1.29, 1.82) is 5.26 Å². The highest BCUT2D eigenvalue weighted by atomic mass is 14.5. The fourth-order valence-corrected chi connectivity index (χ4v) is 1.48. The summed E-state index contributed by atoms with van der Waals surface area (Å²) in [5.74, 6) is 0.0303. The van der Waals surface area contributed by atoms with E-state index in [9.17, 15) is 0 Å². The number of nitriles is 1. The van der Waals surface area contributed by atoms with Crippen molar-refractivity contribution in [3.63, 3.8) is 0 Å². The molecule has 0 heterocycles. The van der Waals surface area contributed by atoms with Gasteiger partial charge in [-0.3, -0.25) is 0 Å². The van der Waals surface area contributed by atoms with Crippen LogP contribution in [0.4, 0.5) is 0 Å². The first-order valence-electron chi connectivity index (χ1n) is 5.03. The maximum absolute atomic E-state index is 9.00. The van der Waals surface area contributed by atoms with Gasteiger partial charge in [-0.25, -0.2) is 0 Å². The first-order valence-corrected chi connectivity index (χ1v) is 5.03. The van der Waals surface area contributed by atoms with Crippen LogP contribution >= 0.6 is 0 Å². The lowest BCUT2D eigenvalue weighted by molar-refractivity contribution is 0.649. The van der Waals surface area contributed by atoms with E-state index in [0.29, 0.717) is 6.54 Å². The Morgan fingerprint density at radius 2 is 1.93 bits per heavy atom. The molecule has 1 aromatic carbocycles. The Balaban J connectivity index is 2.52. The standard InChI is InChI=1S/C12H16N2/c13-9-5-4-8-12(10-14)11-6-2-1-3-7-11/h1-3,6-7,12H,4-5,8-9,13H2. The van der Waals surface area contributed by atoms with Gasteiger partial charge in [0.15, 0.2) is 0 Å².